The van der Waals surface area contributed by atoms with Gasteiger partial charge in [0.15, 0.2) is 11.9 Å². The molecule has 0 spiro atoms. The summed E-state index contributed by atoms with van der Waals surface area (Å²) in [5.41, 5.74) is 0. The third-order valence-corrected chi connectivity index (χ3v) is 3.94. The van der Waals surface area contributed by atoms with E-state index in [0.29, 0.717) is 17.4 Å². The SMILES string of the molecule is OC(Cc1nn2c(C3CCCO3)nnc2s1)C(F)(F)F. The Kier molecular flexibility index (Phi) is 3.38. The van der Waals surface area contributed by atoms with Gasteiger partial charge in [0.1, 0.15) is 11.1 Å². The van der Waals surface area contributed by atoms with Crippen molar-refractivity contribution in [2.45, 2.75) is 37.6 Å². The maximum atomic E-state index is 12.3. The molecule has 1 N–H and O–H groups in total. The molecule has 0 radical (unpaired) electrons. The number of aromatic nitrogens is 4. The average Bonchev–Trinajstić information content (AvgIpc) is 3.01. The van der Waals surface area contributed by atoms with Crippen molar-refractivity contribution in [1.29, 1.82) is 0 Å². The van der Waals surface area contributed by atoms with E-state index in [2.05, 4.69) is 15.3 Å². The van der Waals surface area contributed by atoms with Gasteiger partial charge < -0.3 is 9.84 Å². The lowest BCUT2D eigenvalue weighted by Crippen LogP contribution is -2.30. The molecule has 6 nitrogen and oxygen atoms in total. The fraction of sp³-hybridized carbons (Fsp3) is 0.700. The Morgan fingerprint density at radius 2 is 2.25 bits per heavy atom. The van der Waals surface area contributed by atoms with Crippen molar-refractivity contribution >= 4 is 16.3 Å². The number of aliphatic hydroxyl groups is 1. The Bertz CT molecular complexity index is 605. The predicted octanol–water partition coefficient (Wildman–Crippen LogP) is 1.50. The van der Waals surface area contributed by atoms with Crippen molar-refractivity contribution in [3.8, 4) is 0 Å². The predicted molar refractivity (Wildman–Crippen MR) is 62.4 cm³/mol. The van der Waals surface area contributed by atoms with Gasteiger partial charge in [-0.2, -0.15) is 22.8 Å². The molecule has 1 saturated heterocycles. The van der Waals surface area contributed by atoms with Crippen LogP contribution in [0.15, 0.2) is 0 Å². The number of fused-ring (bicyclic) bond motifs is 1. The molecule has 3 rings (SSSR count). The van der Waals surface area contributed by atoms with Gasteiger partial charge in [-0.1, -0.05) is 11.3 Å². The van der Waals surface area contributed by atoms with E-state index in [1.807, 2.05) is 0 Å². The average molecular weight is 308 g/mol. The first-order valence-electron chi connectivity index (χ1n) is 6.02. The van der Waals surface area contributed by atoms with Crippen molar-refractivity contribution in [3.05, 3.63) is 10.8 Å². The standard InChI is InChI=1S/C10H11F3N4O2S/c11-10(12,13)6(18)4-7-16-17-8(5-2-1-3-19-5)14-15-9(17)20-7/h5-6,18H,1-4H2. The number of hydrogen-bond donors (Lipinski definition) is 1. The molecular weight excluding hydrogens is 297 g/mol. The van der Waals surface area contributed by atoms with Crippen molar-refractivity contribution in [2.75, 3.05) is 6.61 Å². The van der Waals surface area contributed by atoms with Gasteiger partial charge in [-0.3, -0.25) is 0 Å². The molecule has 2 atom stereocenters. The second kappa shape index (κ2) is 4.93. The summed E-state index contributed by atoms with van der Waals surface area (Å²) in [6, 6.07) is 0. The number of rotatable bonds is 3. The van der Waals surface area contributed by atoms with Gasteiger partial charge in [-0.15, -0.1) is 10.2 Å². The van der Waals surface area contributed by atoms with E-state index in [-0.39, 0.29) is 11.1 Å². The van der Waals surface area contributed by atoms with E-state index >= 15 is 0 Å². The van der Waals surface area contributed by atoms with Crippen LogP contribution in [0.3, 0.4) is 0 Å². The van der Waals surface area contributed by atoms with Crippen LogP contribution in [0.2, 0.25) is 0 Å². The van der Waals surface area contributed by atoms with Gasteiger partial charge >= 0.3 is 6.18 Å². The molecule has 1 aliphatic heterocycles. The van der Waals surface area contributed by atoms with E-state index in [1.54, 1.807) is 0 Å². The Labute approximate surface area is 115 Å². The van der Waals surface area contributed by atoms with Gasteiger partial charge in [-0.25, -0.2) is 0 Å². The third kappa shape index (κ3) is 2.50. The van der Waals surface area contributed by atoms with Gasteiger partial charge in [-0.05, 0) is 12.8 Å². The highest BCUT2D eigenvalue weighted by molar-refractivity contribution is 7.16. The van der Waals surface area contributed by atoms with Crippen LogP contribution in [0.1, 0.15) is 29.8 Å². The molecule has 0 amide bonds. The number of ether oxygens (including phenoxy) is 1. The van der Waals surface area contributed by atoms with Crippen LogP contribution >= 0.6 is 11.3 Å². The van der Waals surface area contributed by atoms with Gasteiger partial charge in [0, 0.05) is 13.0 Å². The number of halogens is 3. The number of nitrogens with zero attached hydrogens (tertiary/aromatic N) is 4. The lowest BCUT2D eigenvalue weighted by Gasteiger charge is -2.12. The van der Waals surface area contributed by atoms with E-state index in [4.69, 9.17) is 9.84 Å². The monoisotopic (exact) mass is 308 g/mol. The molecule has 1 aliphatic rings. The molecule has 0 aliphatic carbocycles. The van der Waals surface area contributed by atoms with Crippen LogP contribution in [0, 0.1) is 0 Å². The summed E-state index contributed by atoms with van der Waals surface area (Å²) in [6.07, 6.45) is -6.17. The highest BCUT2D eigenvalue weighted by atomic mass is 32.1. The zero-order valence-electron chi connectivity index (χ0n) is 10.2. The molecular formula is C10H11F3N4O2S. The summed E-state index contributed by atoms with van der Waals surface area (Å²) in [6.45, 7) is 0.628. The molecule has 110 valence electrons. The van der Waals surface area contributed by atoms with Crippen molar-refractivity contribution in [3.63, 3.8) is 0 Å². The van der Waals surface area contributed by atoms with Crippen LogP contribution in [-0.4, -0.2) is 43.8 Å². The minimum absolute atomic E-state index is 0.166. The number of alkyl halides is 3. The number of aliphatic hydroxyl groups excluding tert-OH is 1. The highest BCUT2D eigenvalue weighted by Crippen LogP contribution is 2.29. The lowest BCUT2D eigenvalue weighted by atomic mass is 10.2. The van der Waals surface area contributed by atoms with E-state index in [0.717, 1.165) is 24.2 Å². The summed E-state index contributed by atoms with van der Waals surface area (Å²) in [4.78, 5) is 0.403. The van der Waals surface area contributed by atoms with Crippen LogP contribution in [0.4, 0.5) is 13.2 Å². The number of hydrogen-bond acceptors (Lipinski definition) is 6. The van der Waals surface area contributed by atoms with Crippen molar-refractivity contribution < 1.29 is 23.0 Å². The fourth-order valence-electron chi connectivity index (χ4n) is 2.02. The van der Waals surface area contributed by atoms with Gasteiger partial charge in [0.05, 0.1) is 0 Å². The highest BCUT2D eigenvalue weighted by Gasteiger charge is 2.39. The normalized spacial score (nSPS) is 21.7. The minimum atomic E-state index is -4.65. The molecule has 10 heteroatoms. The molecule has 0 bridgehead atoms. The van der Waals surface area contributed by atoms with Crippen LogP contribution in [-0.2, 0) is 11.2 Å². The Morgan fingerprint density at radius 1 is 1.45 bits per heavy atom. The molecule has 1 fully saturated rings. The molecule has 3 heterocycles. The van der Waals surface area contributed by atoms with E-state index < -0.39 is 18.7 Å². The second-order valence-corrected chi connectivity index (χ2v) is 5.55. The lowest BCUT2D eigenvalue weighted by molar-refractivity contribution is -0.203. The molecule has 0 saturated carbocycles. The molecule has 2 unspecified atom stereocenters. The van der Waals surface area contributed by atoms with Crippen LogP contribution in [0.25, 0.3) is 4.96 Å². The zero-order chi connectivity index (χ0) is 14.3. The van der Waals surface area contributed by atoms with Gasteiger partial charge in [0.25, 0.3) is 0 Å². The maximum absolute atomic E-state index is 12.3. The Balaban J connectivity index is 1.84. The quantitative estimate of drug-likeness (QED) is 0.930. The summed E-state index contributed by atoms with van der Waals surface area (Å²) in [5, 5.41) is 21.1. The van der Waals surface area contributed by atoms with Crippen molar-refractivity contribution in [2.24, 2.45) is 0 Å². The Hall–Kier alpha value is -1.26. The van der Waals surface area contributed by atoms with Crippen molar-refractivity contribution in [1.82, 2.24) is 19.8 Å². The summed E-state index contributed by atoms with van der Waals surface area (Å²) >= 11 is 0.984. The fourth-order valence-corrected chi connectivity index (χ4v) is 2.89. The van der Waals surface area contributed by atoms with Crippen LogP contribution < -0.4 is 0 Å². The zero-order valence-corrected chi connectivity index (χ0v) is 11.0. The Morgan fingerprint density at radius 3 is 2.90 bits per heavy atom. The maximum Gasteiger partial charge on any atom is 0.414 e. The minimum Gasteiger partial charge on any atom is -0.383 e. The van der Waals surface area contributed by atoms with E-state index in [1.165, 1.54) is 4.52 Å². The van der Waals surface area contributed by atoms with E-state index in [9.17, 15) is 13.2 Å². The molecule has 2 aromatic rings. The first-order valence-corrected chi connectivity index (χ1v) is 6.84. The first-order chi connectivity index (χ1) is 9.45. The van der Waals surface area contributed by atoms with Crippen LogP contribution in [0.5, 0.6) is 0 Å². The largest absolute Gasteiger partial charge is 0.414 e. The first kappa shape index (κ1) is 13.7. The summed E-state index contributed by atoms with van der Waals surface area (Å²) in [7, 11) is 0. The molecule has 2 aromatic heterocycles. The smallest absolute Gasteiger partial charge is 0.383 e. The molecule has 20 heavy (non-hydrogen) atoms. The summed E-state index contributed by atoms with van der Waals surface area (Å²) in [5.74, 6) is 0.501. The topological polar surface area (TPSA) is 72.5 Å². The van der Waals surface area contributed by atoms with Gasteiger partial charge in [0.2, 0.25) is 4.96 Å². The third-order valence-electron chi connectivity index (χ3n) is 3.02. The second-order valence-electron chi connectivity index (χ2n) is 4.51. The summed E-state index contributed by atoms with van der Waals surface area (Å²) < 4.78 is 43.8. The molecule has 0 aromatic carbocycles.